The van der Waals surface area contributed by atoms with Gasteiger partial charge in [-0.1, -0.05) is 121 Å². The van der Waals surface area contributed by atoms with Crippen molar-refractivity contribution in [2.24, 2.45) is 0 Å². The lowest BCUT2D eigenvalue weighted by Crippen LogP contribution is -3.00. The van der Waals surface area contributed by atoms with Gasteiger partial charge >= 0.3 is 0 Å². The maximum Gasteiger partial charge on any atom is 0.209 e. The molecule has 2 aliphatic heterocycles. The number of fused-ring (bicyclic) bond motifs is 2. The predicted molar refractivity (Wildman–Crippen MR) is 220 cm³/mol. The van der Waals surface area contributed by atoms with Crippen molar-refractivity contribution in [3.8, 4) is 0 Å². The van der Waals surface area contributed by atoms with Crippen LogP contribution in [0.5, 0.6) is 0 Å². The topological polar surface area (TPSA) is 6.25 Å². The molecule has 1 aliphatic carbocycles. The molecule has 51 heavy (non-hydrogen) atoms. The first-order valence-corrected chi connectivity index (χ1v) is 20.0. The lowest BCUT2D eigenvalue weighted by molar-refractivity contribution is -0.437. The first-order chi connectivity index (χ1) is 23.9. The van der Waals surface area contributed by atoms with E-state index in [1.165, 1.54) is 61.8 Å². The van der Waals surface area contributed by atoms with E-state index in [4.69, 9.17) is 0 Å². The van der Waals surface area contributed by atoms with Gasteiger partial charge in [0.2, 0.25) is 5.69 Å². The van der Waals surface area contributed by atoms with Gasteiger partial charge in [0.15, 0.2) is 5.71 Å². The molecule has 4 heteroatoms. The van der Waals surface area contributed by atoms with Gasteiger partial charge in [-0.3, -0.25) is 0 Å². The van der Waals surface area contributed by atoms with Crippen molar-refractivity contribution in [3.05, 3.63) is 136 Å². The van der Waals surface area contributed by atoms with Crippen LogP contribution >= 0.6 is 11.8 Å². The standard InChI is InChI=1S/C47H59N2S.ClH/c1-10-31-48-40-25-16-14-23-38(40)46(6,7)42(48)29-27-34-20-18-21-35(44(34)37-22-13-12-19-36(37)33-50-45(3,4)5)28-30-43-47(8,9)39-24-15-17-26-41(39)49(43)32-11-2;/h12-17,19,22-30H,10-11,18,20-21,31-33H2,1-9H3;1H/q+1;/p-1. The summed E-state index contributed by atoms with van der Waals surface area (Å²) in [7, 11) is 0. The minimum absolute atomic E-state index is 0. The van der Waals surface area contributed by atoms with Crippen LogP contribution < -0.4 is 17.3 Å². The number of hydrogen-bond donors (Lipinski definition) is 0. The summed E-state index contributed by atoms with van der Waals surface area (Å²) in [6, 6.07) is 27.3. The van der Waals surface area contributed by atoms with E-state index in [2.05, 4.69) is 169 Å². The third-order valence-electron chi connectivity index (χ3n) is 10.9. The van der Waals surface area contributed by atoms with Gasteiger partial charge in [-0.05, 0) is 85.1 Å². The Bertz CT molecular complexity index is 1890. The zero-order valence-electron chi connectivity index (χ0n) is 32.6. The zero-order chi connectivity index (χ0) is 35.7. The third-order valence-corrected chi connectivity index (χ3v) is 12.2. The molecule has 0 bridgehead atoms. The van der Waals surface area contributed by atoms with Crippen molar-refractivity contribution in [2.45, 2.75) is 116 Å². The Balaban J connectivity index is 0.00000504. The number of hydrogen-bond acceptors (Lipinski definition) is 2. The highest BCUT2D eigenvalue weighted by atomic mass is 35.5. The summed E-state index contributed by atoms with van der Waals surface area (Å²) in [5.41, 5.74) is 15.5. The van der Waals surface area contributed by atoms with Gasteiger partial charge in [-0.25, -0.2) is 0 Å². The Morgan fingerprint density at radius 2 is 1.47 bits per heavy atom. The van der Waals surface area contributed by atoms with Gasteiger partial charge in [-0.2, -0.15) is 16.3 Å². The normalized spacial score (nSPS) is 19.7. The Morgan fingerprint density at radius 1 is 0.784 bits per heavy atom. The van der Waals surface area contributed by atoms with Crippen LogP contribution in [-0.2, 0) is 16.6 Å². The molecule has 0 saturated carbocycles. The van der Waals surface area contributed by atoms with E-state index in [-0.39, 0.29) is 28.0 Å². The summed E-state index contributed by atoms with van der Waals surface area (Å²) < 4.78 is 2.78. The van der Waals surface area contributed by atoms with Gasteiger partial charge in [0, 0.05) is 58.0 Å². The van der Waals surface area contributed by atoms with Crippen LogP contribution in [0.25, 0.3) is 5.57 Å². The van der Waals surface area contributed by atoms with Crippen LogP contribution in [0.2, 0.25) is 0 Å². The van der Waals surface area contributed by atoms with Gasteiger partial charge in [0.25, 0.3) is 0 Å². The van der Waals surface area contributed by atoms with Gasteiger partial charge in [-0.15, -0.1) is 0 Å². The molecule has 2 heterocycles. The Hall–Kier alpha value is -3.27. The number of rotatable bonds is 10. The SMILES string of the molecule is CCCN1C(=CC=C2CCCC(C=CC3=[N+](CCC)c4ccccc4C3(C)C)=C2c2ccccc2CSC(C)(C)C)C(C)(C)c2ccccc21.[Cl-]. The number of anilines is 1. The molecule has 0 spiro atoms. The molecule has 3 aliphatic rings. The molecule has 270 valence electrons. The van der Waals surface area contributed by atoms with E-state index in [1.54, 1.807) is 0 Å². The summed E-state index contributed by atoms with van der Waals surface area (Å²) >= 11 is 2.04. The molecule has 0 radical (unpaired) electrons. The lowest BCUT2D eigenvalue weighted by atomic mass is 9.79. The van der Waals surface area contributed by atoms with Gasteiger partial charge in [0.05, 0.1) is 5.41 Å². The number of para-hydroxylation sites is 2. The van der Waals surface area contributed by atoms with E-state index in [1.807, 2.05) is 11.8 Å². The minimum Gasteiger partial charge on any atom is -1.00 e. The molecular formula is C47H59ClN2S. The highest BCUT2D eigenvalue weighted by molar-refractivity contribution is 7.99. The summed E-state index contributed by atoms with van der Waals surface area (Å²) in [4.78, 5) is 2.58. The Morgan fingerprint density at radius 3 is 2.20 bits per heavy atom. The highest BCUT2D eigenvalue weighted by Crippen LogP contribution is 2.48. The molecule has 0 N–H and O–H groups in total. The van der Waals surface area contributed by atoms with Gasteiger partial charge in [0.1, 0.15) is 6.54 Å². The number of benzene rings is 3. The predicted octanol–water partition coefficient (Wildman–Crippen LogP) is 9.72. The van der Waals surface area contributed by atoms with Crippen LogP contribution in [-0.4, -0.2) is 28.1 Å². The van der Waals surface area contributed by atoms with Crippen LogP contribution in [0.15, 0.2) is 114 Å². The Labute approximate surface area is 319 Å². The first kappa shape index (κ1) is 38.9. The van der Waals surface area contributed by atoms with E-state index >= 15 is 0 Å². The summed E-state index contributed by atoms with van der Waals surface area (Å²) in [5, 5.41) is 0. The summed E-state index contributed by atoms with van der Waals surface area (Å²) in [6.07, 6.45) is 15.5. The average molecular weight is 720 g/mol. The molecule has 0 aromatic heterocycles. The van der Waals surface area contributed by atoms with Crippen molar-refractivity contribution in [3.63, 3.8) is 0 Å². The van der Waals surface area contributed by atoms with Crippen LogP contribution in [0, 0.1) is 0 Å². The minimum atomic E-state index is -0.0478. The van der Waals surface area contributed by atoms with Crippen LogP contribution in [0.1, 0.15) is 117 Å². The maximum absolute atomic E-state index is 2.58. The van der Waals surface area contributed by atoms with Crippen molar-refractivity contribution >= 4 is 34.4 Å². The molecule has 3 aromatic rings. The van der Waals surface area contributed by atoms with Crippen LogP contribution in [0.4, 0.5) is 11.4 Å². The molecular weight excluding hydrogens is 660 g/mol. The van der Waals surface area contributed by atoms with E-state index in [9.17, 15) is 0 Å². The van der Waals surface area contributed by atoms with E-state index in [0.29, 0.717) is 0 Å². The second kappa shape index (κ2) is 15.8. The lowest BCUT2D eigenvalue weighted by Gasteiger charge is -2.28. The van der Waals surface area contributed by atoms with Crippen LogP contribution in [0.3, 0.4) is 0 Å². The fourth-order valence-corrected chi connectivity index (χ4v) is 9.20. The quantitative estimate of drug-likeness (QED) is 0.193. The molecule has 2 nitrogen and oxygen atoms in total. The molecule has 0 unspecified atom stereocenters. The summed E-state index contributed by atoms with van der Waals surface area (Å²) in [6.45, 7) is 23.2. The first-order valence-electron chi connectivity index (χ1n) is 19.0. The fourth-order valence-electron chi connectivity index (χ4n) is 8.36. The van der Waals surface area contributed by atoms with Crippen molar-refractivity contribution in [2.75, 3.05) is 18.0 Å². The largest absolute Gasteiger partial charge is 1.00 e. The molecule has 0 saturated heterocycles. The number of thioether (sulfide) groups is 1. The summed E-state index contributed by atoms with van der Waals surface area (Å²) in [5.74, 6) is 1.01. The van der Waals surface area contributed by atoms with E-state index in [0.717, 1.165) is 50.9 Å². The number of nitrogens with zero attached hydrogens (tertiary/aromatic N) is 2. The number of halogens is 1. The smallest absolute Gasteiger partial charge is 0.209 e. The van der Waals surface area contributed by atoms with Crippen molar-refractivity contribution in [1.29, 1.82) is 0 Å². The second-order valence-electron chi connectivity index (χ2n) is 16.4. The molecule has 0 fully saturated rings. The maximum atomic E-state index is 2.58. The molecule has 0 amide bonds. The number of allylic oxidation sites excluding steroid dienone is 8. The fraction of sp³-hybridized carbons (Fsp3) is 0.426. The third kappa shape index (κ3) is 7.77. The molecule has 0 atom stereocenters. The Kier molecular flexibility index (Phi) is 12.0. The monoisotopic (exact) mass is 718 g/mol. The van der Waals surface area contributed by atoms with Crippen molar-refractivity contribution < 1.29 is 17.0 Å². The van der Waals surface area contributed by atoms with E-state index < -0.39 is 0 Å². The van der Waals surface area contributed by atoms with Crippen molar-refractivity contribution in [1.82, 2.24) is 0 Å². The zero-order valence-corrected chi connectivity index (χ0v) is 34.1. The van der Waals surface area contributed by atoms with Gasteiger partial charge < -0.3 is 17.3 Å². The second-order valence-corrected chi connectivity index (χ2v) is 18.2. The molecule has 3 aromatic carbocycles. The highest BCUT2D eigenvalue weighted by Gasteiger charge is 2.44. The average Bonchev–Trinajstić information content (AvgIpc) is 3.44. The molecule has 6 rings (SSSR count).